The lowest BCUT2D eigenvalue weighted by Gasteiger charge is -2.16. The summed E-state index contributed by atoms with van der Waals surface area (Å²) >= 11 is 5.82. The molecule has 1 amide bonds. The second-order valence-corrected chi connectivity index (χ2v) is 5.30. The molecule has 0 spiro atoms. The Morgan fingerprint density at radius 3 is 2.95 bits per heavy atom. The van der Waals surface area contributed by atoms with Crippen LogP contribution in [0.4, 0.5) is 0 Å². The highest BCUT2D eigenvalue weighted by atomic mass is 35.5. The molecular formula is C14H16ClN3O. The second-order valence-electron chi connectivity index (χ2n) is 4.99. The van der Waals surface area contributed by atoms with E-state index in [0.29, 0.717) is 18.2 Å². The lowest BCUT2D eigenvalue weighted by molar-refractivity contribution is -0.127. The zero-order valence-corrected chi connectivity index (χ0v) is 11.4. The summed E-state index contributed by atoms with van der Waals surface area (Å²) in [7, 11) is 0. The van der Waals surface area contributed by atoms with Gasteiger partial charge in [0.05, 0.1) is 17.4 Å². The van der Waals surface area contributed by atoms with Gasteiger partial charge in [0.25, 0.3) is 0 Å². The maximum absolute atomic E-state index is 11.8. The van der Waals surface area contributed by atoms with Crippen molar-refractivity contribution in [1.29, 1.82) is 0 Å². The molecule has 1 saturated heterocycles. The van der Waals surface area contributed by atoms with Gasteiger partial charge in [-0.2, -0.15) is 0 Å². The van der Waals surface area contributed by atoms with E-state index in [-0.39, 0.29) is 5.91 Å². The van der Waals surface area contributed by atoms with Gasteiger partial charge < -0.3 is 9.47 Å². The Morgan fingerprint density at radius 1 is 1.32 bits per heavy atom. The summed E-state index contributed by atoms with van der Waals surface area (Å²) < 4.78 is 2.09. The fourth-order valence-corrected chi connectivity index (χ4v) is 2.80. The van der Waals surface area contributed by atoms with Crippen LogP contribution in [-0.2, 0) is 11.3 Å². The number of hydrogen-bond donors (Lipinski definition) is 0. The maximum Gasteiger partial charge on any atom is 0.223 e. The monoisotopic (exact) mass is 277 g/mol. The number of alkyl halides is 1. The van der Waals surface area contributed by atoms with Crippen molar-refractivity contribution in [3.8, 4) is 0 Å². The lowest BCUT2D eigenvalue weighted by atomic mass is 10.1. The predicted octanol–water partition coefficient (Wildman–Crippen LogP) is 2.12. The first kappa shape index (κ1) is 12.5. The number of nitrogens with zero attached hydrogens (tertiary/aromatic N) is 3. The quantitative estimate of drug-likeness (QED) is 0.803. The fraction of sp³-hybridized carbons (Fsp3) is 0.429. The van der Waals surface area contributed by atoms with Crippen LogP contribution in [0.15, 0.2) is 30.6 Å². The van der Waals surface area contributed by atoms with Crippen molar-refractivity contribution >= 4 is 28.5 Å². The van der Waals surface area contributed by atoms with Gasteiger partial charge >= 0.3 is 0 Å². The van der Waals surface area contributed by atoms with Gasteiger partial charge in [0, 0.05) is 31.9 Å². The number of fused-ring (bicyclic) bond motifs is 1. The number of benzene rings is 1. The number of imidazole rings is 1. The minimum absolute atomic E-state index is 0.218. The molecule has 0 bridgehead atoms. The molecule has 1 aromatic carbocycles. The zero-order chi connectivity index (χ0) is 13.2. The minimum atomic E-state index is 0.218. The second kappa shape index (κ2) is 5.21. The van der Waals surface area contributed by atoms with Crippen LogP contribution >= 0.6 is 11.6 Å². The van der Waals surface area contributed by atoms with Crippen LogP contribution in [0.3, 0.4) is 0 Å². The van der Waals surface area contributed by atoms with E-state index < -0.39 is 0 Å². The van der Waals surface area contributed by atoms with Gasteiger partial charge in [-0.3, -0.25) is 4.79 Å². The van der Waals surface area contributed by atoms with Crippen molar-refractivity contribution < 1.29 is 4.79 Å². The van der Waals surface area contributed by atoms with Crippen molar-refractivity contribution in [3.05, 3.63) is 30.6 Å². The topological polar surface area (TPSA) is 38.1 Å². The molecule has 1 aromatic heterocycles. The van der Waals surface area contributed by atoms with Crippen molar-refractivity contribution in [2.75, 3.05) is 19.0 Å². The molecule has 2 aromatic rings. The van der Waals surface area contributed by atoms with E-state index in [1.165, 1.54) is 0 Å². The van der Waals surface area contributed by atoms with E-state index in [9.17, 15) is 4.79 Å². The van der Waals surface area contributed by atoms with E-state index in [4.69, 9.17) is 11.6 Å². The van der Waals surface area contributed by atoms with Crippen molar-refractivity contribution in [2.45, 2.75) is 13.0 Å². The molecule has 1 unspecified atom stereocenters. The SMILES string of the molecule is O=C1CC(CCl)CN1CCn1cnc2ccccc21. The van der Waals surface area contributed by atoms with Gasteiger partial charge in [0.2, 0.25) is 5.91 Å². The average molecular weight is 278 g/mol. The van der Waals surface area contributed by atoms with Crippen molar-refractivity contribution in [2.24, 2.45) is 5.92 Å². The summed E-state index contributed by atoms with van der Waals surface area (Å²) in [6.45, 7) is 2.29. The third-order valence-electron chi connectivity index (χ3n) is 3.65. The lowest BCUT2D eigenvalue weighted by Crippen LogP contribution is -2.29. The summed E-state index contributed by atoms with van der Waals surface area (Å²) in [5.41, 5.74) is 2.11. The molecule has 100 valence electrons. The number of para-hydroxylation sites is 2. The number of halogens is 1. The number of carbonyl (C=O) groups excluding carboxylic acids is 1. The van der Waals surface area contributed by atoms with E-state index in [1.807, 2.05) is 29.4 Å². The van der Waals surface area contributed by atoms with Gasteiger partial charge in [-0.25, -0.2) is 4.98 Å². The number of hydrogen-bond acceptors (Lipinski definition) is 2. The first-order valence-corrected chi connectivity index (χ1v) is 7.05. The Balaban J connectivity index is 1.68. The van der Waals surface area contributed by atoms with Gasteiger partial charge in [0.15, 0.2) is 0 Å². The molecule has 1 aliphatic heterocycles. The summed E-state index contributed by atoms with van der Waals surface area (Å²) in [5.74, 6) is 1.10. The third kappa shape index (κ3) is 2.45. The molecule has 19 heavy (non-hydrogen) atoms. The number of likely N-dealkylation sites (tertiary alicyclic amines) is 1. The Hall–Kier alpha value is -1.55. The van der Waals surface area contributed by atoms with Gasteiger partial charge in [-0.15, -0.1) is 11.6 Å². The first-order valence-electron chi connectivity index (χ1n) is 6.51. The van der Waals surface area contributed by atoms with Crippen LogP contribution in [0.25, 0.3) is 11.0 Å². The molecule has 0 N–H and O–H groups in total. The van der Waals surface area contributed by atoms with E-state index in [1.54, 1.807) is 0 Å². The third-order valence-corrected chi connectivity index (χ3v) is 4.09. The molecule has 1 fully saturated rings. The van der Waals surface area contributed by atoms with Crippen LogP contribution in [0, 0.1) is 5.92 Å². The highest BCUT2D eigenvalue weighted by Crippen LogP contribution is 2.19. The summed E-state index contributed by atoms with van der Waals surface area (Å²) in [5, 5.41) is 0. The predicted molar refractivity (Wildman–Crippen MR) is 75.1 cm³/mol. The zero-order valence-electron chi connectivity index (χ0n) is 10.6. The van der Waals surface area contributed by atoms with Crippen LogP contribution in [0.2, 0.25) is 0 Å². The molecule has 5 heteroatoms. The Bertz CT molecular complexity index is 595. The molecule has 4 nitrogen and oxygen atoms in total. The molecule has 0 radical (unpaired) electrons. The fourth-order valence-electron chi connectivity index (χ4n) is 2.59. The largest absolute Gasteiger partial charge is 0.341 e. The highest BCUT2D eigenvalue weighted by Gasteiger charge is 2.28. The van der Waals surface area contributed by atoms with Gasteiger partial charge in [0.1, 0.15) is 0 Å². The van der Waals surface area contributed by atoms with Crippen LogP contribution in [0.5, 0.6) is 0 Å². The summed E-state index contributed by atoms with van der Waals surface area (Å²) in [6.07, 6.45) is 2.43. The number of amides is 1. The summed E-state index contributed by atoms with van der Waals surface area (Å²) in [4.78, 5) is 18.1. The first-order chi connectivity index (χ1) is 9.28. The Kier molecular flexibility index (Phi) is 3.42. The summed E-state index contributed by atoms with van der Waals surface area (Å²) in [6, 6.07) is 8.03. The van der Waals surface area contributed by atoms with E-state index >= 15 is 0 Å². The number of rotatable bonds is 4. The number of carbonyl (C=O) groups is 1. The highest BCUT2D eigenvalue weighted by molar-refractivity contribution is 6.18. The molecule has 0 saturated carbocycles. The van der Waals surface area contributed by atoms with Crippen molar-refractivity contribution in [3.63, 3.8) is 0 Å². The van der Waals surface area contributed by atoms with Gasteiger partial charge in [-0.1, -0.05) is 12.1 Å². The molecule has 1 aliphatic rings. The number of aromatic nitrogens is 2. The van der Waals surface area contributed by atoms with Gasteiger partial charge in [-0.05, 0) is 18.1 Å². The van der Waals surface area contributed by atoms with E-state index in [2.05, 4.69) is 15.6 Å². The molecular weight excluding hydrogens is 262 g/mol. The molecule has 3 rings (SSSR count). The maximum atomic E-state index is 11.8. The van der Waals surface area contributed by atoms with Crippen LogP contribution in [0.1, 0.15) is 6.42 Å². The standard InChI is InChI=1S/C14H16ClN3O/c15-8-11-7-14(19)17(9-11)5-6-18-10-16-12-3-1-2-4-13(12)18/h1-4,10-11H,5-9H2. The normalized spacial score (nSPS) is 19.5. The van der Waals surface area contributed by atoms with Crippen LogP contribution < -0.4 is 0 Å². The Labute approximate surface area is 117 Å². The Morgan fingerprint density at radius 2 is 2.16 bits per heavy atom. The smallest absolute Gasteiger partial charge is 0.223 e. The molecule has 2 heterocycles. The average Bonchev–Trinajstić information content (AvgIpc) is 3.00. The molecule has 1 atom stereocenters. The van der Waals surface area contributed by atoms with Crippen molar-refractivity contribution in [1.82, 2.24) is 14.5 Å². The molecule has 0 aliphatic carbocycles. The van der Waals surface area contributed by atoms with Crippen LogP contribution in [-0.4, -0.2) is 39.3 Å². The van der Waals surface area contributed by atoms with E-state index in [0.717, 1.165) is 30.7 Å². The minimum Gasteiger partial charge on any atom is -0.341 e.